The fourth-order valence-electron chi connectivity index (χ4n) is 2.05. The van der Waals surface area contributed by atoms with Crippen molar-refractivity contribution in [3.8, 4) is 0 Å². The molecule has 0 saturated carbocycles. The predicted octanol–water partition coefficient (Wildman–Crippen LogP) is 2.12. The maximum atomic E-state index is 9.90. The van der Waals surface area contributed by atoms with Gasteiger partial charge in [-0.15, -0.1) is 5.10 Å². The Labute approximate surface area is 111 Å². The quantitative estimate of drug-likeness (QED) is 0.875. The van der Waals surface area contributed by atoms with Gasteiger partial charge in [-0.1, -0.05) is 11.6 Å². The molecule has 0 aromatic carbocycles. The van der Waals surface area contributed by atoms with Crippen LogP contribution in [-0.2, 0) is 0 Å². The maximum absolute atomic E-state index is 9.90. The van der Waals surface area contributed by atoms with Crippen LogP contribution in [0.4, 0.5) is 0 Å². The average Bonchev–Trinajstić information content (AvgIpc) is 2.80. The normalized spacial score (nSPS) is 22.8. The van der Waals surface area contributed by atoms with E-state index in [2.05, 4.69) is 31.0 Å². The van der Waals surface area contributed by atoms with Crippen molar-refractivity contribution in [3.63, 3.8) is 0 Å². The van der Waals surface area contributed by atoms with E-state index in [1.165, 1.54) is 0 Å². The van der Waals surface area contributed by atoms with Crippen molar-refractivity contribution in [2.24, 2.45) is 0 Å². The van der Waals surface area contributed by atoms with Crippen LogP contribution in [0, 0.1) is 0 Å². The van der Waals surface area contributed by atoms with Crippen LogP contribution in [0.25, 0.3) is 0 Å². The predicted molar refractivity (Wildman–Crippen MR) is 64.7 cm³/mol. The van der Waals surface area contributed by atoms with Crippen LogP contribution < -0.4 is 0 Å². The first-order valence-electron chi connectivity index (χ1n) is 5.07. The van der Waals surface area contributed by atoms with E-state index in [1.807, 2.05) is 0 Å². The van der Waals surface area contributed by atoms with Gasteiger partial charge in [0.2, 0.25) is 4.73 Å². The van der Waals surface area contributed by atoms with Crippen LogP contribution in [0.5, 0.6) is 0 Å². The fraction of sp³-hybridized carbons (Fsp3) is 0.300. The van der Waals surface area contributed by atoms with E-state index in [1.54, 1.807) is 23.0 Å². The van der Waals surface area contributed by atoms with Crippen LogP contribution in [0.2, 0.25) is 5.02 Å². The minimum absolute atomic E-state index is 0.160. The van der Waals surface area contributed by atoms with Gasteiger partial charge in [-0.3, -0.25) is 4.98 Å². The third kappa shape index (κ3) is 1.76. The molecule has 5 nitrogen and oxygen atoms in total. The second kappa shape index (κ2) is 4.04. The Morgan fingerprint density at radius 2 is 2.35 bits per heavy atom. The highest BCUT2D eigenvalue weighted by Gasteiger charge is 2.35. The molecule has 0 bridgehead atoms. The maximum Gasteiger partial charge on any atom is 0.217 e. The van der Waals surface area contributed by atoms with Gasteiger partial charge in [0.25, 0.3) is 0 Å². The topological polar surface area (TPSA) is 63.8 Å². The van der Waals surface area contributed by atoms with Gasteiger partial charge in [0.05, 0.1) is 10.7 Å². The first-order chi connectivity index (χ1) is 8.16. The molecule has 1 N–H and O–H groups in total. The molecule has 3 rings (SSSR count). The molecule has 0 aliphatic carbocycles. The standard InChI is InChI=1S/C10H8BrClN4O/c11-10-14-9-7(17)4-6(16(9)15-10)8-5(12)2-1-3-13-8/h1-3,6-7,17H,4H2/t6-,7+/m0/s1. The molecule has 17 heavy (non-hydrogen) atoms. The summed E-state index contributed by atoms with van der Waals surface area (Å²) in [6.07, 6.45) is 1.55. The van der Waals surface area contributed by atoms with Gasteiger partial charge in [-0.05, 0) is 28.1 Å². The van der Waals surface area contributed by atoms with E-state index in [0.29, 0.717) is 27.7 Å². The van der Waals surface area contributed by atoms with Crippen LogP contribution >= 0.6 is 27.5 Å². The molecule has 0 saturated heterocycles. The molecule has 1 aliphatic rings. The largest absolute Gasteiger partial charge is 0.385 e. The number of nitrogens with zero attached hydrogens (tertiary/aromatic N) is 4. The van der Waals surface area contributed by atoms with Crippen LogP contribution in [0.15, 0.2) is 23.1 Å². The smallest absolute Gasteiger partial charge is 0.217 e. The average molecular weight is 316 g/mol. The number of aliphatic hydroxyl groups is 1. The Bertz CT molecular complexity index is 573. The second-order valence-corrected chi connectivity index (χ2v) is 4.94. The molecule has 1 aliphatic heterocycles. The highest BCUT2D eigenvalue weighted by Crippen LogP contribution is 2.38. The lowest BCUT2D eigenvalue weighted by Crippen LogP contribution is -2.09. The molecule has 0 radical (unpaired) electrons. The molecular formula is C10H8BrClN4O. The van der Waals surface area contributed by atoms with Gasteiger partial charge in [0.15, 0.2) is 5.82 Å². The molecule has 2 atom stereocenters. The molecule has 88 valence electrons. The van der Waals surface area contributed by atoms with Gasteiger partial charge in [-0.25, -0.2) is 9.67 Å². The third-order valence-corrected chi connectivity index (χ3v) is 3.43. The molecule has 0 unspecified atom stereocenters. The van der Waals surface area contributed by atoms with Gasteiger partial charge in [0, 0.05) is 12.6 Å². The molecule has 0 amide bonds. The molecule has 7 heteroatoms. The number of rotatable bonds is 1. The lowest BCUT2D eigenvalue weighted by Gasteiger charge is -2.11. The highest BCUT2D eigenvalue weighted by atomic mass is 79.9. The zero-order valence-electron chi connectivity index (χ0n) is 8.59. The van der Waals surface area contributed by atoms with E-state index in [4.69, 9.17) is 11.6 Å². The van der Waals surface area contributed by atoms with Crippen molar-refractivity contribution >= 4 is 27.5 Å². The number of hydrogen-bond donors (Lipinski definition) is 1. The fourth-order valence-corrected chi connectivity index (χ4v) is 2.65. The van der Waals surface area contributed by atoms with Crippen molar-refractivity contribution in [2.45, 2.75) is 18.6 Å². The monoisotopic (exact) mass is 314 g/mol. The summed E-state index contributed by atoms with van der Waals surface area (Å²) in [5, 5.41) is 14.7. The third-order valence-electron chi connectivity index (χ3n) is 2.77. The van der Waals surface area contributed by atoms with Crippen LogP contribution in [0.3, 0.4) is 0 Å². The Kier molecular flexibility index (Phi) is 2.65. The number of hydrogen-bond acceptors (Lipinski definition) is 4. The first-order valence-corrected chi connectivity index (χ1v) is 6.24. The summed E-state index contributed by atoms with van der Waals surface area (Å²) in [4.78, 5) is 8.38. The number of aromatic nitrogens is 4. The van der Waals surface area contributed by atoms with Crippen LogP contribution in [0.1, 0.15) is 30.1 Å². The zero-order valence-corrected chi connectivity index (χ0v) is 10.9. The number of aliphatic hydroxyl groups excluding tert-OH is 1. The molecule has 0 spiro atoms. The van der Waals surface area contributed by atoms with Crippen molar-refractivity contribution in [1.29, 1.82) is 0 Å². The van der Waals surface area contributed by atoms with Gasteiger partial charge in [-0.2, -0.15) is 0 Å². The number of halogens is 2. The lowest BCUT2D eigenvalue weighted by atomic mass is 10.1. The van der Waals surface area contributed by atoms with E-state index in [-0.39, 0.29) is 6.04 Å². The van der Waals surface area contributed by atoms with E-state index in [9.17, 15) is 5.11 Å². The SMILES string of the molecule is O[C@@H]1C[C@@H](c2ncccc2Cl)n2nc(Br)nc21. The summed E-state index contributed by atoms with van der Waals surface area (Å²) in [5.41, 5.74) is 0.712. The molecule has 0 fully saturated rings. The summed E-state index contributed by atoms with van der Waals surface area (Å²) in [6.45, 7) is 0. The van der Waals surface area contributed by atoms with Crippen molar-refractivity contribution in [1.82, 2.24) is 19.7 Å². The van der Waals surface area contributed by atoms with Crippen LogP contribution in [-0.4, -0.2) is 24.9 Å². The van der Waals surface area contributed by atoms with Gasteiger partial charge < -0.3 is 5.11 Å². The summed E-state index contributed by atoms with van der Waals surface area (Å²) >= 11 is 9.30. The van der Waals surface area contributed by atoms with Crippen molar-refractivity contribution in [2.75, 3.05) is 0 Å². The van der Waals surface area contributed by atoms with Gasteiger partial charge >= 0.3 is 0 Å². The summed E-state index contributed by atoms with van der Waals surface area (Å²) in [7, 11) is 0. The summed E-state index contributed by atoms with van der Waals surface area (Å²) in [5.74, 6) is 0.545. The second-order valence-electron chi connectivity index (χ2n) is 3.82. The first kappa shape index (κ1) is 11.1. The minimum Gasteiger partial charge on any atom is -0.385 e. The Balaban J connectivity index is 2.10. The van der Waals surface area contributed by atoms with Gasteiger partial charge in [0.1, 0.15) is 12.1 Å². The lowest BCUT2D eigenvalue weighted by molar-refractivity contribution is 0.171. The van der Waals surface area contributed by atoms with E-state index < -0.39 is 6.10 Å². The summed E-state index contributed by atoms with van der Waals surface area (Å²) in [6, 6.07) is 3.39. The summed E-state index contributed by atoms with van der Waals surface area (Å²) < 4.78 is 2.13. The minimum atomic E-state index is -0.628. The Morgan fingerprint density at radius 1 is 1.53 bits per heavy atom. The molecular weight excluding hydrogens is 307 g/mol. The number of fused-ring (bicyclic) bond motifs is 1. The molecule has 2 aromatic rings. The zero-order chi connectivity index (χ0) is 12.0. The number of pyridine rings is 1. The molecule has 2 aromatic heterocycles. The highest BCUT2D eigenvalue weighted by molar-refractivity contribution is 9.10. The van der Waals surface area contributed by atoms with Crippen molar-refractivity contribution < 1.29 is 5.11 Å². The Hall–Kier alpha value is -0.980. The van der Waals surface area contributed by atoms with Crippen molar-refractivity contribution in [3.05, 3.63) is 39.6 Å². The Morgan fingerprint density at radius 3 is 3.12 bits per heavy atom. The molecule has 3 heterocycles. The van der Waals surface area contributed by atoms with E-state index in [0.717, 1.165) is 0 Å². The van der Waals surface area contributed by atoms with E-state index >= 15 is 0 Å².